The number of benzene rings is 1. The van der Waals surface area contributed by atoms with Crippen molar-refractivity contribution in [3.63, 3.8) is 0 Å². The molecule has 0 atom stereocenters. The van der Waals surface area contributed by atoms with Crippen LogP contribution in [0.4, 0.5) is 4.79 Å². The Balaban J connectivity index is 2.38. The van der Waals surface area contributed by atoms with E-state index in [9.17, 15) is 4.79 Å². The fourth-order valence-electron chi connectivity index (χ4n) is 2.27. The number of allylic oxidation sites excluding steroid dienone is 3. The van der Waals surface area contributed by atoms with Crippen molar-refractivity contribution in [3.8, 4) is 0 Å². The Bertz CT molecular complexity index is 567. The van der Waals surface area contributed by atoms with Crippen molar-refractivity contribution in [2.24, 2.45) is 0 Å². The summed E-state index contributed by atoms with van der Waals surface area (Å²) in [7, 11) is 3.80. The van der Waals surface area contributed by atoms with Crippen molar-refractivity contribution < 1.29 is 14.0 Å². The number of nitrogens with zero attached hydrogens (tertiary/aromatic N) is 1. The van der Waals surface area contributed by atoms with Crippen LogP contribution in [-0.4, -0.2) is 37.8 Å². The Hall–Kier alpha value is -1.87. The Morgan fingerprint density at radius 1 is 1.08 bits per heavy atom. The maximum absolute atomic E-state index is 12.3. The quantitative estimate of drug-likeness (QED) is 0.487. The van der Waals surface area contributed by atoms with Gasteiger partial charge in [-0.3, -0.25) is 0 Å². The number of carbonyl (C=O) groups excluding carboxylic acids is 1. The van der Waals surface area contributed by atoms with E-state index in [1.807, 2.05) is 38.4 Å². The van der Waals surface area contributed by atoms with E-state index in [-0.39, 0.29) is 10.6 Å². The van der Waals surface area contributed by atoms with Gasteiger partial charge in [0.25, 0.3) is 0 Å². The summed E-state index contributed by atoms with van der Waals surface area (Å²) < 4.78 is 5.67. The molecule has 0 spiro atoms. The van der Waals surface area contributed by atoms with E-state index in [2.05, 4.69) is 39.0 Å². The monoisotopic (exact) mass is 330 g/mol. The molecule has 0 aromatic heterocycles. The summed E-state index contributed by atoms with van der Waals surface area (Å²) in [5.41, 5.74) is 3.84. The summed E-state index contributed by atoms with van der Waals surface area (Å²) in [5.74, 6) is 0. The van der Waals surface area contributed by atoms with E-state index in [0.29, 0.717) is 6.61 Å². The molecular formula is C21H32NO2+. The molecule has 0 saturated carbocycles. The number of amides is 1. The molecule has 0 radical (unpaired) electrons. The first kappa shape index (κ1) is 20.2. The summed E-state index contributed by atoms with van der Waals surface area (Å²) in [6.07, 6.45) is 6.97. The molecule has 132 valence electrons. The highest BCUT2D eigenvalue weighted by Gasteiger charge is 2.27. The molecule has 1 amide bonds. The van der Waals surface area contributed by atoms with Crippen molar-refractivity contribution in [3.05, 3.63) is 59.2 Å². The highest BCUT2D eigenvalue weighted by molar-refractivity contribution is 5.59. The van der Waals surface area contributed by atoms with Gasteiger partial charge in [0.05, 0.1) is 20.6 Å². The Labute approximate surface area is 147 Å². The van der Waals surface area contributed by atoms with E-state index < -0.39 is 0 Å². The molecular weight excluding hydrogens is 298 g/mol. The summed E-state index contributed by atoms with van der Waals surface area (Å²) in [4.78, 5) is 12.3. The van der Waals surface area contributed by atoms with Gasteiger partial charge >= 0.3 is 6.09 Å². The fraction of sp³-hybridized carbons (Fsp3) is 0.476. The smallest absolute Gasteiger partial charge is 0.416 e. The molecule has 3 nitrogen and oxygen atoms in total. The largest absolute Gasteiger partial charge is 0.515 e. The number of likely N-dealkylation sites (N-methyl/N-ethyl adjacent to an activating group) is 1. The van der Waals surface area contributed by atoms with Crippen molar-refractivity contribution in [2.45, 2.75) is 40.0 Å². The first-order valence-corrected chi connectivity index (χ1v) is 8.64. The number of carbonyl (C=O) groups is 1. The second kappa shape index (κ2) is 10.1. The van der Waals surface area contributed by atoms with Gasteiger partial charge in [-0.2, -0.15) is 4.79 Å². The molecule has 0 heterocycles. The molecule has 0 saturated heterocycles. The van der Waals surface area contributed by atoms with Gasteiger partial charge in [0, 0.05) is 6.42 Å². The highest BCUT2D eigenvalue weighted by atomic mass is 16.6. The van der Waals surface area contributed by atoms with Crippen LogP contribution in [0.25, 0.3) is 0 Å². The van der Waals surface area contributed by atoms with Gasteiger partial charge in [-0.1, -0.05) is 47.6 Å². The lowest BCUT2D eigenvalue weighted by Crippen LogP contribution is -2.47. The predicted molar refractivity (Wildman–Crippen MR) is 101 cm³/mol. The van der Waals surface area contributed by atoms with Gasteiger partial charge in [0.15, 0.2) is 0 Å². The molecule has 0 aliphatic heterocycles. The average molecular weight is 330 g/mol. The maximum atomic E-state index is 12.3. The van der Waals surface area contributed by atoms with E-state index in [1.54, 1.807) is 0 Å². The Kier molecular flexibility index (Phi) is 8.48. The van der Waals surface area contributed by atoms with E-state index in [1.165, 1.54) is 16.7 Å². The lowest BCUT2D eigenvalue weighted by atomic mass is 10.1. The van der Waals surface area contributed by atoms with Crippen molar-refractivity contribution in [1.82, 2.24) is 0 Å². The van der Waals surface area contributed by atoms with Crippen LogP contribution in [0.1, 0.15) is 39.2 Å². The van der Waals surface area contributed by atoms with Crippen LogP contribution >= 0.6 is 0 Å². The minimum Gasteiger partial charge on any atom is -0.416 e. The van der Waals surface area contributed by atoms with Crippen LogP contribution in [0.3, 0.4) is 0 Å². The van der Waals surface area contributed by atoms with Crippen molar-refractivity contribution in [2.75, 3.05) is 27.2 Å². The van der Waals surface area contributed by atoms with Crippen LogP contribution < -0.4 is 0 Å². The summed E-state index contributed by atoms with van der Waals surface area (Å²) in [5, 5.41) is 0. The first-order chi connectivity index (χ1) is 11.3. The zero-order chi connectivity index (χ0) is 18.0. The summed E-state index contributed by atoms with van der Waals surface area (Å²) >= 11 is 0. The molecule has 1 aromatic rings. The number of hydrogen-bond acceptors (Lipinski definition) is 2. The lowest BCUT2D eigenvalue weighted by Gasteiger charge is -2.25. The van der Waals surface area contributed by atoms with Gasteiger partial charge in [-0.25, -0.2) is 4.48 Å². The molecule has 1 aromatic carbocycles. The standard InChI is InChI=1S/C21H32NO2/c1-18(2)10-9-11-19(3)15-17-24-21(23)22(4,5)16-14-20-12-7-6-8-13-20/h6-8,10,12-13,15H,9,11,14,16-17H2,1-5H3/q+1/b19-15+. The molecule has 0 unspecified atom stereocenters. The number of quaternary nitrogens is 1. The van der Waals surface area contributed by atoms with Crippen molar-refractivity contribution >= 4 is 6.09 Å². The predicted octanol–water partition coefficient (Wildman–Crippen LogP) is 5.13. The SMILES string of the molecule is CC(C)=CCC/C(C)=C/COC(=O)[N+](C)(C)CCc1ccccc1. The van der Waals surface area contributed by atoms with E-state index in [0.717, 1.165) is 25.8 Å². The third-order valence-corrected chi connectivity index (χ3v) is 4.03. The molecule has 1 rings (SSSR count). The molecule has 24 heavy (non-hydrogen) atoms. The molecule has 3 heteroatoms. The van der Waals surface area contributed by atoms with Gasteiger partial charge in [-0.15, -0.1) is 0 Å². The molecule has 0 N–H and O–H groups in total. The van der Waals surface area contributed by atoms with Crippen molar-refractivity contribution in [1.29, 1.82) is 0 Å². The zero-order valence-electron chi connectivity index (χ0n) is 15.8. The van der Waals surface area contributed by atoms with Crippen LogP contribution in [0.5, 0.6) is 0 Å². The van der Waals surface area contributed by atoms with E-state index >= 15 is 0 Å². The second-order valence-electron chi connectivity index (χ2n) is 7.09. The number of hydrogen-bond donors (Lipinski definition) is 0. The van der Waals surface area contributed by atoms with Crippen LogP contribution in [0.2, 0.25) is 0 Å². The lowest BCUT2D eigenvalue weighted by molar-refractivity contribution is -0.816. The Morgan fingerprint density at radius 2 is 1.75 bits per heavy atom. The molecule has 0 aliphatic carbocycles. The average Bonchev–Trinajstić information content (AvgIpc) is 2.53. The third kappa shape index (κ3) is 8.11. The van der Waals surface area contributed by atoms with Crippen LogP contribution in [0.15, 0.2) is 53.6 Å². The number of ether oxygens (including phenoxy) is 1. The minimum absolute atomic E-state index is 0.181. The van der Waals surface area contributed by atoms with Gasteiger partial charge < -0.3 is 4.74 Å². The van der Waals surface area contributed by atoms with E-state index in [4.69, 9.17) is 4.74 Å². The third-order valence-electron chi connectivity index (χ3n) is 4.03. The first-order valence-electron chi connectivity index (χ1n) is 8.64. The highest BCUT2D eigenvalue weighted by Crippen LogP contribution is 2.09. The second-order valence-corrected chi connectivity index (χ2v) is 7.09. The minimum atomic E-state index is -0.181. The Morgan fingerprint density at radius 3 is 2.38 bits per heavy atom. The summed E-state index contributed by atoms with van der Waals surface area (Å²) in [6, 6.07) is 10.2. The van der Waals surface area contributed by atoms with Crippen LogP contribution in [-0.2, 0) is 11.2 Å². The number of rotatable bonds is 8. The fourth-order valence-corrected chi connectivity index (χ4v) is 2.27. The molecule has 0 bridgehead atoms. The topological polar surface area (TPSA) is 26.3 Å². The van der Waals surface area contributed by atoms with Gasteiger partial charge in [-0.05, 0) is 45.3 Å². The molecule has 0 aliphatic rings. The summed E-state index contributed by atoms with van der Waals surface area (Å²) in [6.45, 7) is 7.38. The van der Waals surface area contributed by atoms with Crippen LogP contribution in [0, 0.1) is 0 Å². The van der Waals surface area contributed by atoms with Gasteiger partial charge in [0.1, 0.15) is 6.61 Å². The molecule has 0 fully saturated rings. The van der Waals surface area contributed by atoms with Gasteiger partial charge in [0.2, 0.25) is 0 Å². The normalized spacial score (nSPS) is 12.0. The zero-order valence-corrected chi connectivity index (χ0v) is 15.8. The maximum Gasteiger partial charge on any atom is 0.515 e.